The van der Waals surface area contributed by atoms with E-state index in [9.17, 15) is 43.3 Å². The molecule has 0 unspecified atom stereocenters. The van der Waals surface area contributed by atoms with Crippen LogP contribution in [0, 0.1) is 6.92 Å². The molecule has 63 heavy (non-hydrogen) atoms. The molecule has 0 saturated heterocycles. The average molecular weight is 1010 g/mol. The highest BCUT2D eigenvalue weighted by atomic mass is 32.3. The maximum atomic E-state index is 13.1. The first-order chi connectivity index (χ1) is 29.5. The number of hydrogen-bond acceptors (Lipinski definition) is 27. The zero-order valence-corrected chi connectivity index (χ0v) is 37.2. The molecule has 0 aliphatic carbocycles. The molecule has 0 fully saturated rings. The number of azo groups is 2. The standard InChI is InChI=1S/C30H33N5O22S6/c1-15-9-17(19(49-2)13-23(15)60(39,40)8-6-53-63(46,47)48)32-35-29-25(62(43,44)45)11-16-10-22(58-56-54-37)28(30(36)26(16)27(29)31)34-33-18-12-21(51-4)24(14-20(18)50-3)61(41,42)7-5-52-59-57-55-38/h9-14,36-38H,5-8,31H2,1-4H3,(H,43,44,45)(H,46,47,48). The number of anilines is 1. The van der Waals surface area contributed by atoms with Crippen molar-refractivity contribution in [2.75, 3.05) is 51.8 Å². The number of phenols is 1. The summed E-state index contributed by atoms with van der Waals surface area (Å²) in [6, 6.07) is 6.28. The van der Waals surface area contributed by atoms with Gasteiger partial charge in [0.25, 0.3) is 10.1 Å². The SMILES string of the molecule is COc1cc(S(=O)(=O)CCOS(=O)(=O)O)c(C)cc1N=Nc1c(S(=O)(=O)O)cc2cc(SOOO)c(N=Nc3cc(OC)c(S(=O)(=O)CCOSOOO)cc3OC)c(O)c2c1N. The minimum Gasteiger partial charge on any atom is -0.505 e. The number of rotatable bonds is 23. The monoisotopic (exact) mass is 1010 g/mol. The number of phenolic OH excluding ortho intramolecular Hbond substituents is 1. The summed E-state index contributed by atoms with van der Waals surface area (Å²) in [5.74, 6) is -3.02. The molecule has 4 aromatic carbocycles. The number of benzene rings is 4. The molecule has 0 saturated carbocycles. The van der Waals surface area contributed by atoms with Gasteiger partial charge in [-0.15, -0.1) is 29.1 Å². The van der Waals surface area contributed by atoms with Crippen LogP contribution in [0.2, 0.25) is 0 Å². The molecule has 0 bridgehead atoms. The van der Waals surface area contributed by atoms with E-state index in [1.807, 2.05) is 0 Å². The van der Waals surface area contributed by atoms with Gasteiger partial charge in [-0.05, 0) is 36.1 Å². The summed E-state index contributed by atoms with van der Waals surface area (Å²) in [4.78, 5) is -1.91. The second kappa shape index (κ2) is 21.4. The number of aryl methyl sites for hydroxylation is 1. The largest absolute Gasteiger partial charge is 0.505 e. The van der Waals surface area contributed by atoms with Crippen LogP contribution in [0.15, 0.2) is 76.4 Å². The molecule has 0 heterocycles. The second-order valence-corrected chi connectivity index (χ2v) is 19.7. The lowest BCUT2D eigenvalue weighted by atomic mass is 10.1. The molecule has 4 aromatic rings. The normalized spacial score (nSPS) is 12.8. The molecule has 0 spiro atoms. The van der Waals surface area contributed by atoms with Crippen molar-refractivity contribution in [1.29, 1.82) is 0 Å². The van der Waals surface area contributed by atoms with Crippen LogP contribution in [0.25, 0.3) is 10.8 Å². The Hall–Kier alpha value is -4.56. The molecule has 0 aliphatic heterocycles. The first kappa shape index (κ1) is 51.1. The van der Waals surface area contributed by atoms with E-state index in [1.54, 1.807) is 0 Å². The van der Waals surface area contributed by atoms with Gasteiger partial charge in [0, 0.05) is 18.2 Å². The highest BCUT2D eigenvalue weighted by Gasteiger charge is 2.28. The lowest BCUT2D eigenvalue weighted by Crippen LogP contribution is -2.16. The summed E-state index contributed by atoms with van der Waals surface area (Å²) in [6.45, 7) is -0.0346. The Morgan fingerprint density at radius 2 is 1.22 bits per heavy atom. The van der Waals surface area contributed by atoms with Gasteiger partial charge >= 0.3 is 10.4 Å². The first-order valence-electron chi connectivity index (χ1n) is 16.4. The van der Waals surface area contributed by atoms with Gasteiger partial charge in [0.05, 0.1) is 79.0 Å². The number of nitrogen functional groups attached to an aromatic ring is 1. The van der Waals surface area contributed by atoms with Crippen molar-refractivity contribution in [3.8, 4) is 23.0 Å². The minimum absolute atomic E-state index is 0.0147. The number of methoxy groups -OCH3 is 3. The Labute approximate surface area is 365 Å². The highest BCUT2D eigenvalue weighted by Crippen LogP contribution is 2.50. The van der Waals surface area contributed by atoms with Gasteiger partial charge in [0.2, 0.25) is 0 Å². The zero-order chi connectivity index (χ0) is 46.9. The summed E-state index contributed by atoms with van der Waals surface area (Å²) in [6.07, 6.45) is 0. The van der Waals surface area contributed by atoms with Crippen LogP contribution >= 0.6 is 24.4 Å². The number of nitrogens with two attached hydrogens (primary N) is 1. The van der Waals surface area contributed by atoms with Crippen molar-refractivity contribution < 1.29 is 99.7 Å². The van der Waals surface area contributed by atoms with E-state index in [-0.39, 0.29) is 84.0 Å². The van der Waals surface area contributed by atoms with E-state index in [4.69, 9.17) is 39.2 Å². The van der Waals surface area contributed by atoms with E-state index in [2.05, 4.69) is 43.4 Å². The van der Waals surface area contributed by atoms with Crippen molar-refractivity contribution >= 4 is 104 Å². The molecule has 0 aliphatic rings. The number of hydrogen-bond donors (Lipinski definition) is 6. The van der Waals surface area contributed by atoms with Crippen LogP contribution in [-0.4, -0.2) is 104 Å². The van der Waals surface area contributed by atoms with E-state index in [0.717, 1.165) is 50.6 Å². The summed E-state index contributed by atoms with van der Waals surface area (Å²) in [5, 5.41) is 51.1. The fourth-order valence-corrected chi connectivity index (χ4v) is 9.82. The van der Waals surface area contributed by atoms with Crippen LogP contribution in [-0.2, 0) is 67.3 Å². The van der Waals surface area contributed by atoms with Gasteiger partial charge in [-0.25, -0.2) is 31.5 Å². The zero-order valence-electron chi connectivity index (χ0n) is 32.3. The molecule has 0 aromatic heterocycles. The van der Waals surface area contributed by atoms with Gasteiger partial charge in [0.15, 0.2) is 37.7 Å². The van der Waals surface area contributed by atoms with Crippen molar-refractivity contribution in [1.82, 2.24) is 0 Å². The Kier molecular flexibility index (Phi) is 17.4. The molecule has 4 rings (SSSR count). The van der Waals surface area contributed by atoms with Crippen LogP contribution in [0.4, 0.5) is 28.4 Å². The van der Waals surface area contributed by atoms with Gasteiger partial charge in [0.1, 0.15) is 49.8 Å². The third-order valence-corrected chi connectivity index (χ3v) is 13.8. The maximum absolute atomic E-state index is 13.1. The van der Waals surface area contributed by atoms with E-state index in [0.29, 0.717) is 0 Å². The molecule has 7 N–H and O–H groups in total. The molecular formula is C30H33N5O22S6. The van der Waals surface area contributed by atoms with E-state index < -0.39 is 92.6 Å². The Balaban J connectivity index is 1.87. The third-order valence-electron chi connectivity index (χ3n) is 8.00. The number of aromatic hydroxyl groups is 1. The summed E-state index contributed by atoms with van der Waals surface area (Å²) in [5.41, 5.74) is 4.14. The topological polar surface area (TPSA) is 396 Å². The summed E-state index contributed by atoms with van der Waals surface area (Å²) in [7, 11) is -15.1. The third kappa shape index (κ3) is 12.8. The van der Waals surface area contributed by atoms with Gasteiger partial charge in [-0.1, -0.05) is 10.1 Å². The molecule has 0 amide bonds. The molecule has 27 nitrogen and oxygen atoms in total. The fraction of sp³-hybridized carbons (Fsp3) is 0.267. The predicted molar refractivity (Wildman–Crippen MR) is 216 cm³/mol. The van der Waals surface area contributed by atoms with Gasteiger partial charge in [-0.2, -0.15) is 16.8 Å². The van der Waals surface area contributed by atoms with Crippen LogP contribution in [0.1, 0.15) is 5.56 Å². The number of sulfone groups is 2. The number of ether oxygens (including phenoxy) is 3. The van der Waals surface area contributed by atoms with Crippen molar-refractivity contribution in [3.63, 3.8) is 0 Å². The van der Waals surface area contributed by atoms with Crippen molar-refractivity contribution in [2.45, 2.75) is 26.5 Å². The molecular weight excluding hydrogens is 975 g/mol. The fourth-order valence-electron chi connectivity index (χ4n) is 5.32. The Morgan fingerprint density at radius 1 is 0.667 bits per heavy atom. The summed E-state index contributed by atoms with van der Waals surface area (Å²) >= 11 is 0.390. The molecule has 33 heteroatoms. The van der Waals surface area contributed by atoms with E-state index >= 15 is 0 Å². The first-order valence-corrected chi connectivity index (χ1v) is 23.9. The average Bonchev–Trinajstić information content (AvgIpc) is 3.20. The lowest BCUT2D eigenvalue weighted by molar-refractivity contribution is -0.434. The van der Waals surface area contributed by atoms with Gasteiger partial charge < -0.3 is 25.1 Å². The summed E-state index contributed by atoms with van der Waals surface area (Å²) < 4.78 is 152. The van der Waals surface area contributed by atoms with Gasteiger partial charge in [-0.3, -0.25) is 13.3 Å². The molecule has 0 atom stereocenters. The Bertz CT molecular complexity index is 2860. The minimum atomic E-state index is -5.20. The molecule has 0 radical (unpaired) electrons. The second-order valence-electron chi connectivity index (χ2n) is 11.8. The number of fused-ring (bicyclic) bond motifs is 1. The van der Waals surface area contributed by atoms with Crippen LogP contribution in [0.5, 0.6) is 23.0 Å². The Morgan fingerprint density at radius 3 is 1.79 bits per heavy atom. The lowest BCUT2D eigenvalue weighted by Gasteiger charge is -2.15. The quantitative estimate of drug-likeness (QED) is 0.0104. The number of nitrogens with zero attached hydrogens (tertiary/aromatic N) is 4. The smallest absolute Gasteiger partial charge is 0.397 e. The van der Waals surface area contributed by atoms with Crippen LogP contribution < -0.4 is 19.9 Å². The predicted octanol–water partition coefficient (Wildman–Crippen LogP) is 5.34. The van der Waals surface area contributed by atoms with Crippen LogP contribution in [0.3, 0.4) is 0 Å². The highest BCUT2D eigenvalue weighted by molar-refractivity contribution is 7.94. The molecule has 346 valence electrons. The maximum Gasteiger partial charge on any atom is 0.397 e. The van der Waals surface area contributed by atoms with Crippen molar-refractivity contribution in [2.24, 2.45) is 20.5 Å². The van der Waals surface area contributed by atoms with Crippen molar-refractivity contribution in [3.05, 3.63) is 42.0 Å². The van der Waals surface area contributed by atoms with E-state index in [1.165, 1.54) is 14.0 Å².